The molecule has 1 rings (SSSR count). The summed E-state index contributed by atoms with van der Waals surface area (Å²) in [5, 5.41) is 15.1. The summed E-state index contributed by atoms with van der Waals surface area (Å²) >= 11 is 1.80. The molecule has 0 spiro atoms. The molecule has 0 aliphatic carbocycles. The normalized spacial score (nSPS) is 15.1. The van der Waals surface area contributed by atoms with Crippen molar-refractivity contribution in [2.24, 2.45) is 0 Å². The number of nitrogens with one attached hydrogen (secondary N) is 1. The van der Waals surface area contributed by atoms with Crippen molar-refractivity contribution >= 4 is 11.3 Å². The van der Waals surface area contributed by atoms with E-state index in [9.17, 15) is 5.11 Å². The highest BCUT2D eigenvalue weighted by molar-refractivity contribution is 7.09. The average Bonchev–Trinajstić information content (AvgIpc) is 2.78. The summed E-state index contributed by atoms with van der Waals surface area (Å²) in [4.78, 5) is 3.63. The van der Waals surface area contributed by atoms with Crippen molar-refractivity contribution in [3.63, 3.8) is 0 Å². The molecule has 0 aliphatic rings. The van der Waals surface area contributed by atoms with Crippen molar-refractivity contribution in [2.75, 3.05) is 26.7 Å². The van der Waals surface area contributed by atoms with Crippen LogP contribution in [0.5, 0.6) is 0 Å². The van der Waals surface area contributed by atoms with Gasteiger partial charge in [-0.1, -0.05) is 13.0 Å². The van der Waals surface area contributed by atoms with Crippen molar-refractivity contribution in [2.45, 2.75) is 32.4 Å². The second kappa shape index (κ2) is 7.82. The van der Waals surface area contributed by atoms with Gasteiger partial charge < -0.3 is 15.3 Å². The van der Waals surface area contributed by atoms with Gasteiger partial charge in [-0.25, -0.2) is 0 Å². The molecule has 0 aliphatic heterocycles. The van der Waals surface area contributed by atoms with Crippen LogP contribution >= 0.6 is 11.3 Å². The molecule has 2 unspecified atom stereocenters. The van der Waals surface area contributed by atoms with Gasteiger partial charge in [-0.2, -0.15) is 0 Å². The van der Waals surface area contributed by atoms with Gasteiger partial charge >= 0.3 is 0 Å². The highest BCUT2D eigenvalue weighted by atomic mass is 32.1. The largest absolute Gasteiger partial charge is 0.390 e. The summed E-state index contributed by atoms with van der Waals surface area (Å²) in [5.41, 5.74) is 0. The summed E-state index contributed by atoms with van der Waals surface area (Å²) in [5.74, 6) is 0. The van der Waals surface area contributed by atoms with Crippen molar-refractivity contribution in [1.82, 2.24) is 10.2 Å². The molecule has 0 bridgehead atoms. The third-order valence-electron chi connectivity index (χ3n) is 2.96. The minimum atomic E-state index is -0.286. The number of aliphatic hydroxyl groups excluding tert-OH is 1. The monoisotopic (exact) mass is 256 g/mol. The first kappa shape index (κ1) is 14.6. The fourth-order valence-electron chi connectivity index (χ4n) is 1.76. The maximum Gasteiger partial charge on any atom is 0.0791 e. The van der Waals surface area contributed by atoms with Crippen LogP contribution in [0.4, 0.5) is 0 Å². The van der Waals surface area contributed by atoms with Crippen LogP contribution in [0.3, 0.4) is 0 Å². The zero-order chi connectivity index (χ0) is 12.7. The number of rotatable bonds is 8. The number of hydrogen-bond acceptors (Lipinski definition) is 4. The number of thiophene rings is 1. The van der Waals surface area contributed by atoms with Gasteiger partial charge in [0.2, 0.25) is 0 Å². The van der Waals surface area contributed by atoms with Crippen LogP contribution in [-0.2, 0) is 6.42 Å². The topological polar surface area (TPSA) is 35.5 Å². The Bertz CT molecular complexity index is 290. The van der Waals surface area contributed by atoms with Crippen LogP contribution < -0.4 is 5.32 Å². The van der Waals surface area contributed by atoms with Gasteiger partial charge in [0.25, 0.3) is 0 Å². The molecule has 1 heterocycles. The molecule has 0 saturated heterocycles. The average molecular weight is 256 g/mol. The minimum Gasteiger partial charge on any atom is -0.390 e. The van der Waals surface area contributed by atoms with E-state index in [1.807, 2.05) is 0 Å². The van der Waals surface area contributed by atoms with E-state index in [4.69, 9.17) is 0 Å². The maximum atomic E-state index is 9.82. The molecule has 0 radical (unpaired) electrons. The van der Waals surface area contributed by atoms with E-state index in [0.717, 1.165) is 19.5 Å². The van der Waals surface area contributed by atoms with Crippen LogP contribution in [0.1, 0.15) is 18.7 Å². The Balaban J connectivity index is 2.28. The molecule has 1 aromatic rings. The molecule has 1 aromatic heterocycles. The van der Waals surface area contributed by atoms with Gasteiger partial charge in [-0.15, -0.1) is 11.3 Å². The maximum absolute atomic E-state index is 9.82. The van der Waals surface area contributed by atoms with E-state index in [2.05, 4.69) is 48.6 Å². The molecule has 0 aromatic carbocycles. The molecular weight excluding hydrogens is 232 g/mol. The van der Waals surface area contributed by atoms with Crippen LogP contribution in [0.2, 0.25) is 0 Å². The molecule has 4 heteroatoms. The summed E-state index contributed by atoms with van der Waals surface area (Å²) in [6.07, 6.45) is 0.771. The molecular formula is C13H24N2OS. The van der Waals surface area contributed by atoms with Crippen LogP contribution in [0, 0.1) is 0 Å². The Morgan fingerprint density at radius 1 is 1.53 bits per heavy atom. The third-order valence-corrected chi connectivity index (χ3v) is 3.86. The Morgan fingerprint density at radius 3 is 2.88 bits per heavy atom. The molecule has 3 nitrogen and oxygen atoms in total. The van der Waals surface area contributed by atoms with Gasteiger partial charge in [-0.05, 0) is 38.4 Å². The van der Waals surface area contributed by atoms with Crippen LogP contribution in [0.25, 0.3) is 0 Å². The van der Waals surface area contributed by atoms with Gasteiger partial charge in [0.1, 0.15) is 0 Å². The first-order chi connectivity index (χ1) is 8.13. The summed E-state index contributed by atoms with van der Waals surface area (Å²) in [6, 6.07) is 4.72. The molecule has 0 amide bonds. The van der Waals surface area contributed by atoms with Gasteiger partial charge in [-0.3, -0.25) is 0 Å². The standard InChI is InChI=1S/C13H24N2OS/c1-4-14-9-12(16)10-15(3)11(2)8-13-6-5-7-17-13/h5-7,11-12,14,16H,4,8-10H2,1-3H3. The van der Waals surface area contributed by atoms with Crippen molar-refractivity contribution in [3.8, 4) is 0 Å². The van der Waals surface area contributed by atoms with E-state index in [-0.39, 0.29) is 6.10 Å². The first-order valence-corrected chi connectivity index (χ1v) is 7.12. The van der Waals surface area contributed by atoms with E-state index >= 15 is 0 Å². The summed E-state index contributed by atoms with van der Waals surface area (Å²) in [7, 11) is 2.08. The Kier molecular flexibility index (Phi) is 6.73. The number of hydrogen-bond donors (Lipinski definition) is 2. The number of likely N-dealkylation sites (N-methyl/N-ethyl adjacent to an activating group) is 2. The van der Waals surface area contributed by atoms with E-state index in [1.165, 1.54) is 4.88 Å². The smallest absolute Gasteiger partial charge is 0.0791 e. The fourth-order valence-corrected chi connectivity index (χ4v) is 2.59. The predicted molar refractivity (Wildman–Crippen MR) is 74.7 cm³/mol. The SMILES string of the molecule is CCNCC(O)CN(C)C(C)Cc1cccs1. The van der Waals surface area contributed by atoms with E-state index in [0.29, 0.717) is 12.6 Å². The lowest BCUT2D eigenvalue weighted by Gasteiger charge is -2.26. The lowest BCUT2D eigenvalue weighted by atomic mass is 10.1. The molecule has 98 valence electrons. The highest BCUT2D eigenvalue weighted by Crippen LogP contribution is 2.13. The summed E-state index contributed by atoms with van der Waals surface area (Å²) < 4.78 is 0. The van der Waals surface area contributed by atoms with Gasteiger partial charge in [0, 0.05) is 24.0 Å². The fraction of sp³-hybridized carbons (Fsp3) is 0.692. The van der Waals surface area contributed by atoms with Gasteiger partial charge in [0.15, 0.2) is 0 Å². The molecule has 2 N–H and O–H groups in total. The lowest BCUT2D eigenvalue weighted by Crippen LogP contribution is -2.41. The van der Waals surface area contributed by atoms with E-state index in [1.54, 1.807) is 11.3 Å². The number of nitrogens with zero attached hydrogens (tertiary/aromatic N) is 1. The minimum absolute atomic E-state index is 0.286. The Hall–Kier alpha value is -0.420. The zero-order valence-electron chi connectivity index (χ0n) is 11.0. The van der Waals surface area contributed by atoms with Gasteiger partial charge in [0.05, 0.1) is 6.10 Å². The molecule has 0 saturated carbocycles. The molecule has 2 atom stereocenters. The second-order valence-electron chi connectivity index (χ2n) is 4.53. The van der Waals surface area contributed by atoms with Crippen molar-refractivity contribution in [1.29, 1.82) is 0 Å². The highest BCUT2D eigenvalue weighted by Gasteiger charge is 2.14. The van der Waals surface area contributed by atoms with Crippen molar-refractivity contribution in [3.05, 3.63) is 22.4 Å². The predicted octanol–water partition coefficient (Wildman–Crippen LogP) is 1.58. The Morgan fingerprint density at radius 2 is 2.29 bits per heavy atom. The van der Waals surface area contributed by atoms with E-state index < -0.39 is 0 Å². The summed E-state index contributed by atoms with van der Waals surface area (Å²) in [6.45, 7) is 6.56. The second-order valence-corrected chi connectivity index (χ2v) is 5.57. The third kappa shape index (κ3) is 5.64. The molecule has 17 heavy (non-hydrogen) atoms. The van der Waals surface area contributed by atoms with Crippen molar-refractivity contribution < 1.29 is 5.11 Å². The quantitative estimate of drug-likeness (QED) is 0.741. The van der Waals surface area contributed by atoms with Crippen LogP contribution in [0.15, 0.2) is 17.5 Å². The lowest BCUT2D eigenvalue weighted by molar-refractivity contribution is 0.107. The number of aliphatic hydroxyl groups is 1. The zero-order valence-corrected chi connectivity index (χ0v) is 11.8. The van der Waals surface area contributed by atoms with Crippen LogP contribution in [-0.4, -0.2) is 48.8 Å². The molecule has 0 fully saturated rings. The Labute approximate surface area is 108 Å². The first-order valence-electron chi connectivity index (χ1n) is 6.24.